The van der Waals surface area contributed by atoms with Crippen molar-refractivity contribution in [3.05, 3.63) is 39.7 Å². The van der Waals surface area contributed by atoms with Crippen LogP contribution in [0.3, 0.4) is 0 Å². The molecular formula is C14H17FN2O3. The van der Waals surface area contributed by atoms with Crippen LogP contribution in [0.25, 0.3) is 0 Å². The van der Waals surface area contributed by atoms with Crippen LogP contribution in [-0.2, 0) is 11.2 Å². The number of benzene rings is 1. The molecule has 2 bridgehead atoms. The summed E-state index contributed by atoms with van der Waals surface area (Å²) in [4.78, 5) is 10.1. The number of nitro groups is 1. The number of ether oxygens (including phenoxy) is 1. The van der Waals surface area contributed by atoms with Crippen LogP contribution < -0.4 is 5.73 Å². The average Bonchev–Trinajstić information content (AvgIpc) is 3.01. The minimum atomic E-state index is -0.743. The monoisotopic (exact) mass is 280 g/mol. The van der Waals surface area contributed by atoms with Crippen LogP contribution in [0.2, 0.25) is 0 Å². The van der Waals surface area contributed by atoms with E-state index in [1.54, 1.807) is 6.07 Å². The number of halogens is 1. The zero-order valence-electron chi connectivity index (χ0n) is 11.0. The Morgan fingerprint density at radius 1 is 1.50 bits per heavy atom. The van der Waals surface area contributed by atoms with Gasteiger partial charge in [-0.25, -0.2) is 0 Å². The summed E-state index contributed by atoms with van der Waals surface area (Å²) in [5.41, 5.74) is 5.52. The van der Waals surface area contributed by atoms with E-state index in [0.29, 0.717) is 18.5 Å². The molecule has 0 aromatic heterocycles. The molecule has 3 rings (SSSR count). The number of hydrogen-bond acceptors (Lipinski definition) is 4. The van der Waals surface area contributed by atoms with Gasteiger partial charge < -0.3 is 10.5 Å². The van der Waals surface area contributed by atoms with Crippen LogP contribution in [0.4, 0.5) is 10.1 Å². The lowest BCUT2D eigenvalue weighted by molar-refractivity contribution is -0.387. The van der Waals surface area contributed by atoms with Crippen molar-refractivity contribution in [2.75, 3.05) is 6.54 Å². The molecule has 1 aromatic rings. The second-order valence-electron chi connectivity index (χ2n) is 5.78. The summed E-state index contributed by atoms with van der Waals surface area (Å²) in [6.45, 7) is 0.413. The molecule has 0 aliphatic carbocycles. The van der Waals surface area contributed by atoms with E-state index in [4.69, 9.17) is 10.5 Å². The molecule has 2 saturated heterocycles. The molecule has 2 heterocycles. The van der Waals surface area contributed by atoms with Gasteiger partial charge in [0.1, 0.15) is 0 Å². The van der Waals surface area contributed by atoms with Gasteiger partial charge in [-0.3, -0.25) is 10.1 Å². The SMILES string of the molecule is NCC1(Cc2cccc([N+](=O)[O-])c2F)CC2CCC1O2. The second-order valence-corrected chi connectivity index (χ2v) is 5.78. The molecule has 108 valence electrons. The van der Waals surface area contributed by atoms with E-state index in [9.17, 15) is 14.5 Å². The van der Waals surface area contributed by atoms with Crippen molar-refractivity contribution in [3.63, 3.8) is 0 Å². The number of rotatable bonds is 4. The predicted molar refractivity (Wildman–Crippen MR) is 70.8 cm³/mol. The third kappa shape index (κ3) is 1.99. The lowest BCUT2D eigenvalue weighted by Gasteiger charge is -2.34. The highest BCUT2D eigenvalue weighted by Gasteiger charge is 2.51. The number of fused-ring (bicyclic) bond motifs is 2. The molecule has 3 atom stereocenters. The molecular weight excluding hydrogens is 263 g/mol. The molecule has 2 N–H and O–H groups in total. The Balaban J connectivity index is 1.91. The molecule has 6 heteroatoms. The maximum Gasteiger partial charge on any atom is 0.305 e. The van der Waals surface area contributed by atoms with Gasteiger partial charge >= 0.3 is 5.69 Å². The molecule has 2 fully saturated rings. The smallest absolute Gasteiger partial charge is 0.305 e. The first-order valence-corrected chi connectivity index (χ1v) is 6.83. The van der Waals surface area contributed by atoms with E-state index in [1.165, 1.54) is 12.1 Å². The highest BCUT2D eigenvalue weighted by molar-refractivity contribution is 5.37. The van der Waals surface area contributed by atoms with Crippen LogP contribution in [-0.4, -0.2) is 23.7 Å². The Hall–Kier alpha value is -1.53. The fraction of sp³-hybridized carbons (Fsp3) is 0.571. The third-order valence-corrected chi connectivity index (χ3v) is 4.63. The minimum absolute atomic E-state index is 0.0520. The van der Waals surface area contributed by atoms with Crippen LogP contribution in [0.1, 0.15) is 24.8 Å². The first-order chi connectivity index (χ1) is 9.55. The van der Waals surface area contributed by atoms with Crippen molar-refractivity contribution in [1.82, 2.24) is 0 Å². The van der Waals surface area contributed by atoms with E-state index >= 15 is 0 Å². The van der Waals surface area contributed by atoms with Gasteiger partial charge in [0.2, 0.25) is 5.82 Å². The van der Waals surface area contributed by atoms with E-state index in [0.717, 1.165) is 19.3 Å². The zero-order valence-corrected chi connectivity index (χ0v) is 11.0. The highest BCUT2D eigenvalue weighted by atomic mass is 19.1. The first kappa shape index (κ1) is 13.5. The quantitative estimate of drug-likeness (QED) is 0.677. The van der Waals surface area contributed by atoms with Gasteiger partial charge in [-0.05, 0) is 31.2 Å². The molecule has 2 aliphatic rings. The molecule has 0 amide bonds. The summed E-state index contributed by atoms with van der Waals surface area (Å²) < 4.78 is 20.0. The Morgan fingerprint density at radius 2 is 2.30 bits per heavy atom. The zero-order chi connectivity index (χ0) is 14.3. The summed E-state index contributed by atoms with van der Waals surface area (Å²) in [6, 6.07) is 4.31. The minimum Gasteiger partial charge on any atom is -0.374 e. The van der Waals surface area contributed by atoms with Crippen molar-refractivity contribution in [2.24, 2.45) is 11.1 Å². The van der Waals surface area contributed by atoms with Crippen molar-refractivity contribution >= 4 is 5.69 Å². The first-order valence-electron chi connectivity index (χ1n) is 6.83. The Labute approximate surface area is 116 Å². The predicted octanol–water partition coefficient (Wildman–Crippen LogP) is 2.17. The van der Waals surface area contributed by atoms with Gasteiger partial charge in [0.25, 0.3) is 0 Å². The lowest BCUT2D eigenvalue weighted by Crippen LogP contribution is -2.41. The highest BCUT2D eigenvalue weighted by Crippen LogP contribution is 2.49. The summed E-state index contributed by atoms with van der Waals surface area (Å²) in [7, 11) is 0. The van der Waals surface area contributed by atoms with Gasteiger partial charge in [-0.15, -0.1) is 0 Å². The van der Waals surface area contributed by atoms with Crippen molar-refractivity contribution in [3.8, 4) is 0 Å². The summed E-state index contributed by atoms with van der Waals surface area (Å²) >= 11 is 0. The number of nitrogens with zero attached hydrogens (tertiary/aromatic N) is 1. The topological polar surface area (TPSA) is 78.4 Å². The van der Waals surface area contributed by atoms with Crippen LogP contribution in [0.5, 0.6) is 0 Å². The van der Waals surface area contributed by atoms with Gasteiger partial charge in [0, 0.05) is 18.0 Å². The van der Waals surface area contributed by atoms with Gasteiger partial charge in [-0.1, -0.05) is 12.1 Å². The van der Waals surface area contributed by atoms with Crippen LogP contribution >= 0.6 is 0 Å². The van der Waals surface area contributed by atoms with Crippen molar-refractivity contribution < 1.29 is 14.1 Å². The Bertz CT molecular complexity index is 551. The van der Waals surface area contributed by atoms with Gasteiger partial charge in [-0.2, -0.15) is 4.39 Å². The standard InChI is InChI=1S/C14H17FN2O3/c15-13-9(2-1-3-11(13)17(18)19)6-14(8-16)7-10-4-5-12(14)20-10/h1-3,10,12H,4-8,16H2. The molecule has 5 nitrogen and oxygen atoms in total. The van der Waals surface area contributed by atoms with E-state index < -0.39 is 16.4 Å². The normalized spacial score (nSPS) is 31.7. The van der Waals surface area contributed by atoms with E-state index in [2.05, 4.69) is 0 Å². The summed E-state index contributed by atoms with van der Waals surface area (Å²) in [5.74, 6) is -0.743. The lowest BCUT2D eigenvalue weighted by atomic mass is 9.70. The molecule has 0 radical (unpaired) electrons. The number of hydrogen-bond donors (Lipinski definition) is 1. The molecule has 0 saturated carbocycles. The molecule has 3 unspecified atom stereocenters. The summed E-state index contributed by atoms with van der Waals surface area (Å²) in [5, 5.41) is 10.8. The summed E-state index contributed by atoms with van der Waals surface area (Å²) in [6.07, 6.45) is 3.46. The maximum atomic E-state index is 14.2. The van der Waals surface area contributed by atoms with Crippen molar-refractivity contribution in [1.29, 1.82) is 0 Å². The van der Waals surface area contributed by atoms with Crippen LogP contribution in [0.15, 0.2) is 18.2 Å². The third-order valence-electron chi connectivity index (χ3n) is 4.63. The number of nitro benzene ring substituents is 1. The van der Waals surface area contributed by atoms with Crippen molar-refractivity contribution in [2.45, 2.75) is 37.9 Å². The fourth-order valence-electron chi connectivity index (χ4n) is 3.59. The number of nitrogens with two attached hydrogens (primary N) is 1. The Kier molecular flexibility index (Phi) is 3.22. The molecule has 1 aromatic carbocycles. The van der Waals surface area contributed by atoms with Gasteiger partial charge in [0.15, 0.2) is 0 Å². The average molecular weight is 280 g/mol. The second kappa shape index (κ2) is 4.79. The maximum absolute atomic E-state index is 14.2. The van der Waals surface area contributed by atoms with E-state index in [1.807, 2.05) is 0 Å². The van der Waals surface area contributed by atoms with E-state index in [-0.39, 0.29) is 17.6 Å². The molecule has 2 aliphatic heterocycles. The largest absolute Gasteiger partial charge is 0.374 e. The van der Waals surface area contributed by atoms with Gasteiger partial charge in [0.05, 0.1) is 17.1 Å². The fourth-order valence-corrected chi connectivity index (χ4v) is 3.59. The molecule has 0 spiro atoms. The van der Waals surface area contributed by atoms with Crippen LogP contribution in [0, 0.1) is 21.3 Å². The Morgan fingerprint density at radius 3 is 2.85 bits per heavy atom. The molecule has 20 heavy (non-hydrogen) atoms.